The highest BCUT2D eigenvalue weighted by Gasteiger charge is 2.29. The first-order chi connectivity index (χ1) is 30.3. The Labute approximate surface area is 348 Å². The van der Waals surface area contributed by atoms with Crippen molar-refractivity contribution in [1.82, 2.24) is 48.6 Å². The summed E-state index contributed by atoms with van der Waals surface area (Å²) in [4.78, 5) is 34.8. The molecule has 6 aromatic carbocycles. The molecule has 0 aliphatic heterocycles. The summed E-state index contributed by atoms with van der Waals surface area (Å²) < 4.78 is 6.93. The van der Waals surface area contributed by atoms with Crippen molar-refractivity contribution >= 4 is 43.9 Å². The van der Waals surface area contributed by atoms with Crippen molar-refractivity contribution in [3.8, 4) is 62.9 Å². The van der Waals surface area contributed by atoms with Gasteiger partial charge in [0.25, 0.3) is 0 Å². The number of para-hydroxylation sites is 4. The van der Waals surface area contributed by atoms with Gasteiger partial charge >= 0.3 is 0 Å². The third-order valence-corrected chi connectivity index (χ3v) is 11.1. The third kappa shape index (κ3) is 5.61. The van der Waals surface area contributed by atoms with Crippen LogP contribution < -0.4 is 0 Å². The molecule has 0 radical (unpaired) electrons. The number of hydrogen-bond donors (Lipinski definition) is 0. The summed E-state index contributed by atoms with van der Waals surface area (Å²) in [6.45, 7) is 0. The van der Waals surface area contributed by atoms with Gasteiger partial charge in [-0.2, -0.15) is 9.97 Å². The Morgan fingerprint density at radius 1 is 0.279 bits per heavy atom. The monoisotopic (exact) mass is 784 g/mol. The molecule has 61 heavy (non-hydrogen) atoms. The van der Waals surface area contributed by atoms with Crippen LogP contribution in [0.25, 0.3) is 107 Å². The first-order valence-electron chi connectivity index (χ1n) is 20.0. The van der Waals surface area contributed by atoms with Gasteiger partial charge in [-0.3, -0.25) is 4.57 Å². The smallest absolute Gasteiger partial charge is 0.238 e. The van der Waals surface area contributed by atoms with Gasteiger partial charge in [-0.1, -0.05) is 133 Å². The van der Waals surface area contributed by atoms with E-state index in [2.05, 4.69) is 111 Å². The minimum absolute atomic E-state index is 0.417. The number of hydrogen-bond acceptors (Lipinski definition) is 7. The Bertz CT molecular complexity index is 3310. The number of nitrogens with zero attached hydrogens (tertiary/aromatic N) is 10. The quantitative estimate of drug-likeness (QED) is 0.158. The van der Waals surface area contributed by atoms with Gasteiger partial charge in [-0.15, -0.1) is 0 Å². The highest BCUT2D eigenvalue weighted by atomic mass is 15.2. The van der Waals surface area contributed by atoms with Gasteiger partial charge in [0.05, 0.1) is 44.2 Å². The van der Waals surface area contributed by atoms with Crippen LogP contribution in [0.1, 0.15) is 0 Å². The molecule has 0 atom stereocenters. The van der Waals surface area contributed by atoms with Crippen molar-refractivity contribution < 1.29 is 0 Å². The lowest BCUT2D eigenvalue weighted by atomic mass is 10.2. The normalized spacial score (nSPS) is 11.6. The zero-order valence-corrected chi connectivity index (χ0v) is 32.4. The molecule has 10 nitrogen and oxygen atoms in total. The molecule has 12 rings (SSSR count). The number of aromatic nitrogens is 10. The predicted molar refractivity (Wildman–Crippen MR) is 241 cm³/mol. The largest absolute Gasteiger partial charge is 0.306 e. The molecule has 0 amide bonds. The molecule has 6 heterocycles. The minimum Gasteiger partial charge on any atom is -0.306 e. The zero-order chi connectivity index (χ0) is 40.3. The first kappa shape index (κ1) is 34.4. The van der Waals surface area contributed by atoms with E-state index in [1.807, 2.05) is 72.8 Å². The standard InChI is InChI=1S/C51H32N10/c1-5-17-33(18-6-1)47-52-29-35(30-53-47)49-56-50(36-31-54-48(55-32-36)34-19-7-2-8-20-34)58-51(57-49)61-43-39-25-13-15-27-41(39)59(37-21-9-3-10-22-37)45(43)46-44(61)40-26-14-16-28-42(40)60(46)38-23-11-4-12-24-38/h1-32H. The van der Waals surface area contributed by atoms with Crippen LogP contribution in [0.2, 0.25) is 0 Å². The van der Waals surface area contributed by atoms with Crippen LogP contribution in [0.15, 0.2) is 195 Å². The lowest BCUT2D eigenvalue weighted by molar-refractivity contribution is 0.951. The van der Waals surface area contributed by atoms with E-state index < -0.39 is 0 Å². The fourth-order valence-corrected chi connectivity index (χ4v) is 8.42. The Morgan fingerprint density at radius 2 is 0.639 bits per heavy atom. The van der Waals surface area contributed by atoms with E-state index in [1.165, 1.54) is 0 Å². The summed E-state index contributed by atoms with van der Waals surface area (Å²) in [6, 6.07) is 57.9. The van der Waals surface area contributed by atoms with Gasteiger partial charge in [0.15, 0.2) is 23.3 Å². The Balaban J connectivity index is 1.19. The van der Waals surface area contributed by atoms with Crippen LogP contribution in [0, 0.1) is 0 Å². The average molecular weight is 785 g/mol. The molecule has 10 heteroatoms. The zero-order valence-electron chi connectivity index (χ0n) is 32.4. The highest BCUT2D eigenvalue weighted by Crippen LogP contribution is 2.45. The Hall–Kier alpha value is -8.63. The van der Waals surface area contributed by atoms with E-state index in [9.17, 15) is 0 Å². The van der Waals surface area contributed by atoms with Crippen LogP contribution in [0.5, 0.6) is 0 Å². The van der Waals surface area contributed by atoms with Gasteiger partial charge in [-0.05, 0) is 36.4 Å². The van der Waals surface area contributed by atoms with Crippen molar-refractivity contribution in [2.24, 2.45) is 0 Å². The lowest BCUT2D eigenvalue weighted by Gasteiger charge is -2.11. The van der Waals surface area contributed by atoms with E-state index in [1.54, 1.807) is 24.8 Å². The molecule has 0 spiro atoms. The summed E-state index contributed by atoms with van der Waals surface area (Å²) in [5.74, 6) is 2.49. The second-order valence-electron chi connectivity index (χ2n) is 14.7. The summed E-state index contributed by atoms with van der Waals surface area (Å²) in [6.07, 6.45) is 7.10. The molecule has 0 unspecified atom stereocenters. The molecular weight excluding hydrogens is 753 g/mol. The van der Waals surface area contributed by atoms with E-state index in [4.69, 9.17) is 34.9 Å². The Morgan fingerprint density at radius 3 is 1.05 bits per heavy atom. The second kappa shape index (κ2) is 14.0. The van der Waals surface area contributed by atoms with Crippen LogP contribution in [-0.4, -0.2) is 48.6 Å². The summed E-state index contributed by atoms with van der Waals surface area (Å²) in [5.41, 5.74) is 11.3. The van der Waals surface area contributed by atoms with E-state index in [0.717, 1.165) is 66.4 Å². The molecule has 0 fully saturated rings. The first-order valence-corrected chi connectivity index (χ1v) is 20.0. The molecule has 0 N–H and O–H groups in total. The molecule has 0 bridgehead atoms. The molecule has 0 aliphatic carbocycles. The topological polar surface area (TPSA) is 105 Å². The van der Waals surface area contributed by atoms with Crippen LogP contribution >= 0.6 is 0 Å². The maximum Gasteiger partial charge on any atom is 0.238 e. The minimum atomic E-state index is 0.417. The number of rotatable bonds is 7. The average Bonchev–Trinajstić information content (AvgIpc) is 3.98. The lowest BCUT2D eigenvalue weighted by Crippen LogP contribution is -2.07. The molecule has 0 aliphatic rings. The van der Waals surface area contributed by atoms with Crippen molar-refractivity contribution in [1.29, 1.82) is 0 Å². The van der Waals surface area contributed by atoms with Gasteiger partial charge in [0, 0.05) is 58.1 Å². The fourth-order valence-electron chi connectivity index (χ4n) is 8.42. The van der Waals surface area contributed by atoms with E-state index in [-0.39, 0.29) is 0 Å². The van der Waals surface area contributed by atoms with E-state index in [0.29, 0.717) is 40.4 Å². The molecule has 6 aromatic heterocycles. The molecule has 0 saturated carbocycles. The summed E-state index contributed by atoms with van der Waals surface area (Å²) in [5, 5.41) is 2.10. The van der Waals surface area contributed by atoms with Gasteiger partial charge < -0.3 is 9.13 Å². The third-order valence-electron chi connectivity index (χ3n) is 11.1. The molecular formula is C51H32N10. The van der Waals surface area contributed by atoms with Gasteiger partial charge in [-0.25, -0.2) is 24.9 Å². The molecule has 0 saturated heterocycles. The Kier molecular flexibility index (Phi) is 7.92. The van der Waals surface area contributed by atoms with Crippen molar-refractivity contribution in [2.75, 3.05) is 0 Å². The van der Waals surface area contributed by atoms with Crippen LogP contribution in [0.3, 0.4) is 0 Å². The van der Waals surface area contributed by atoms with Gasteiger partial charge in [0.1, 0.15) is 0 Å². The van der Waals surface area contributed by atoms with Crippen LogP contribution in [-0.2, 0) is 0 Å². The SMILES string of the molecule is c1ccc(-c2ncc(-c3nc(-c4cnc(-c5ccccc5)nc4)nc(-n4c5c6ccccc6n(-c6ccccc6)c5c5c4c4ccccc4n5-c4ccccc4)n3)cn2)cc1. The fraction of sp³-hybridized carbons (Fsp3) is 0. The number of fused-ring (bicyclic) bond motifs is 7. The predicted octanol–water partition coefficient (Wildman–Crippen LogP) is 11.1. The van der Waals surface area contributed by atoms with Crippen molar-refractivity contribution in [3.63, 3.8) is 0 Å². The maximum atomic E-state index is 5.32. The maximum absolute atomic E-state index is 5.32. The van der Waals surface area contributed by atoms with Crippen LogP contribution in [0.4, 0.5) is 0 Å². The van der Waals surface area contributed by atoms with Crippen molar-refractivity contribution in [3.05, 3.63) is 195 Å². The van der Waals surface area contributed by atoms with Crippen molar-refractivity contribution in [2.45, 2.75) is 0 Å². The highest BCUT2D eigenvalue weighted by molar-refractivity contribution is 6.25. The second-order valence-corrected chi connectivity index (χ2v) is 14.7. The van der Waals surface area contributed by atoms with E-state index >= 15 is 0 Å². The summed E-state index contributed by atoms with van der Waals surface area (Å²) >= 11 is 0. The summed E-state index contributed by atoms with van der Waals surface area (Å²) in [7, 11) is 0. The molecule has 286 valence electrons. The van der Waals surface area contributed by atoms with Gasteiger partial charge in [0.2, 0.25) is 5.95 Å². The molecule has 12 aromatic rings. The number of benzene rings is 6.